The zero-order chi connectivity index (χ0) is 32.8. The molecule has 0 fully saturated rings. The van der Waals surface area contributed by atoms with E-state index in [-0.39, 0.29) is 17.1 Å². The molecule has 1 unspecified atom stereocenters. The molecule has 3 aromatic heterocycles. The molecule has 0 saturated heterocycles. The highest BCUT2D eigenvalue weighted by Gasteiger charge is 2.36. The van der Waals surface area contributed by atoms with Gasteiger partial charge in [-0.25, -0.2) is 19.1 Å². The van der Waals surface area contributed by atoms with E-state index < -0.39 is 12.6 Å². The Hall–Kier alpha value is -4.18. The Bertz CT molecular complexity index is 1820. The number of fused-ring (bicyclic) bond motifs is 1. The van der Waals surface area contributed by atoms with Gasteiger partial charge in [0.1, 0.15) is 34.4 Å². The quantitative estimate of drug-likeness (QED) is 0.0898. The summed E-state index contributed by atoms with van der Waals surface area (Å²) in [6.07, 6.45) is 4.09. The van der Waals surface area contributed by atoms with Gasteiger partial charge in [0, 0.05) is 30.3 Å². The van der Waals surface area contributed by atoms with Crippen LogP contribution in [0.25, 0.3) is 16.8 Å². The lowest BCUT2D eigenvalue weighted by Gasteiger charge is -2.33. The number of aliphatic carboxylic acids is 1. The number of imidazole rings is 1. The second-order valence-corrected chi connectivity index (χ2v) is 13.3. The van der Waals surface area contributed by atoms with Gasteiger partial charge >= 0.3 is 12.4 Å². The van der Waals surface area contributed by atoms with Crippen molar-refractivity contribution in [2.24, 2.45) is 5.92 Å². The average Bonchev–Trinajstić information content (AvgIpc) is 3.67. The van der Waals surface area contributed by atoms with E-state index in [0.29, 0.717) is 41.1 Å². The van der Waals surface area contributed by atoms with Gasteiger partial charge in [-0.2, -0.15) is 11.3 Å². The maximum Gasteiger partial charge on any atom is 0.341 e. The number of nitrogens with zero attached hydrogens (tertiary/aromatic N) is 3. The summed E-state index contributed by atoms with van der Waals surface area (Å²) in [5.41, 5.74) is 5.93. The number of benzene rings is 2. The first kappa shape index (κ1) is 33.2. The molecule has 0 saturated carbocycles. The van der Waals surface area contributed by atoms with Gasteiger partial charge in [-0.3, -0.25) is 0 Å². The summed E-state index contributed by atoms with van der Waals surface area (Å²) in [6, 6.07) is 19.2. The molecule has 240 valence electrons. The molecule has 8 nitrogen and oxygen atoms in total. The Morgan fingerprint density at radius 1 is 1.09 bits per heavy atom. The van der Waals surface area contributed by atoms with E-state index in [1.165, 1.54) is 0 Å². The van der Waals surface area contributed by atoms with E-state index in [1.54, 1.807) is 17.4 Å². The van der Waals surface area contributed by atoms with Crippen molar-refractivity contribution in [3.05, 3.63) is 99.6 Å². The summed E-state index contributed by atoms with van der Waals surface area (Å²) in [7, 11) is 0. The maximum atomic E-state index is 13.3. The third-order valence-corrected chi connectivity index (χ3v) is 8.83. The van der Waals surface area contributed by atoms with E-state index >= 15 is 0 Å². The fourth-order valence-corrected chi connectivity index (χ4v) is 6.58. The normalized spacial score (nSPS) is 12.8. The molecule has 2 aromatic carbocycles. The molecule has 1 atom stereocenters. The van der Waals surface area contributed by atoms with Crippen molar-refractivity contribution in [3.63, 3.8) is 0 Å². The molecule has 5 rings (SSSR count). The maximum absolute atomic E-state index is 13.3. The van der Waals surface area contributed by atoms with Crippen LogP contribution in [0.4, 0.5) is 5.69 Å². The number of hydrogen-bond acceptors (Lipinski definition) is 6. The number of quaternary nitrogens is 1. The number of thiophene rings is 1. The minimum atomic E-state index is -1.05. The first-order chi connectivity index (χ1) is 22.1. The lowest BCUT2D eigenvalue weighted by molar-refractivity contribution is -0.139. The molecule has 1 N–H and O–H groups in total. The van der Waals surface area contributed by atoms with Crippen LogP contribution in [0.15, 0.2) is 77.6 Å². The minimum Gasteiger partial charge on any atom is -0.491 e. The van der Waals surface area contributed by atoms with Gasteiger partial charge < -0.3 is 19.0 Å². The number of aromatic nitrogens is 2. The van der Waals surface area contributed by atoms with Crippen molar-refractivity contribution in [1.29, 1.82) is 0 Å². The molecule has 5 aromatic rings. The van der Waals surface area contributed by atoms with Crippen LogP contribution >= 0.6 is 22.9 Å². The van der Waals surface area contributed by atoms with Crippen LogP contribution in [-0.2, 0) is 22.6 Å². The second-order valence-electron chi connectivity index (χ2n) is 12.1. The summed E-state index contributed by atoms with van der Waals surface area (Å²) >= 11 is 8.52. The number of halogens is 1. The standard InChI is InChI=1S/C36H38ClN3O5S/c1-24(2)12-15-40(23-41,33-10-9-29(19-30(33)37)45-25(3)4)20-31-32(39-14-6-5-7-35(39)38-31)18-28-17-26(27-13-16-46-22-27)8-11-34(28)44-21-36(42)43/h5-11,13-14,16-17,19,22-25H,12,15,18,20-21H2,1-4H3/p+1. The highest BCUT2D eigenvalue weighted by Crippen LogP contribution is 2.37. The fraction of sp³-hybridized carbons (Fsp3) is 0.306. The van der Waals surface area contributed by atoms with E-state index in [1.807, 2.05) is 84.4 Å². The van der Waals surface area contributed by atoms with E-state index in [9.17, 15) is 14.7 Å². The highest BCUT2D eigenvalue weighted by atomic mass is 35.5. The predicted octanol–water partition coefficient (Wildman–Crippen LogP) is 8.27. The van der Waals surface area contributed by atoms with Crippen LogP contribution in [0.2, 0.25) is 5.02 Å². The lowest BCUT2D eigenvalue weighted by Crippen LogP contribution is -2.49. The van der Waals surface area contributed by atoms with Crippen molar-refractivity contribution >= 4 is 46.7 Å². The Balaban J connectivity index is 1.62. The Morgan fingerprint density at radius 3 is 2.59 bits per heavy atom. The van der Waals surface area contributed by atoms with Gasteiger partial charge in [0.15, 0.2) is 12.3 Å². The van der Waals surface area contributed by atoms with E-state index in [4.69, 9.17) is 26.1 Å². The largest absolute Gasteiger partial charge is 0.491 e. The van der Waals surface area contributed by atoms with Crippen molar-refractivity contribution in [2.75, 3.05) is 13.2 Å². The molecular weight excluding hydrogens is 622 g/mol. The topological polar surface area (TPSA) is 90.1 Å². The molecule has 10 heteroatoms. The van der Waals surface area contributed by atoms with Crippen LogP contribution in [0, 0.1) is 5.92 Å². The highest BCUT2D eigenvalue weighted by molar-refractivity contribution is 7.08. The van der Waals surface area contributed by atoms with Gasteiger partial charge in [-0.05, 0) is 84.5 Å². The fourth-order valence-electron chi connectivity index (χ4n) is 5.58. The van der Waals surface area contributed by atoms with Gasteiger partial charge in [-0.1, -0.05) is 37.6 Å². The summed E-state index contributed by atoms with van der Waals surface area (Å²) in [6.45, 7) is 8.52. The first-order valence-electron chi connectivity index (χ1n) is 15.3. The Labute approximate surface area is 278 Å². The molecule has 0 spiro atoms. The van der Waals surface area contributed by atoms with Crippen LogP contribution in [0.1, 0.15) is 51.1 Å². The third kappa shape index (κ3) is 7.61. The first-order valence-corrected chi connectivity index (χ1v) is 16.7. The number of hydrogen-bond donors (Lipinski definition) is 1. The molecule has 0 radical (unpaired) electrons. The summed E-state index contributed by atoms with van der Waals surface area (Å²) in [5.74, 6) is 0.430. The Morgan fingerprint density at radius 2 is 1.91 bits per heavy atom. The lowest BCUT2D eigenvalue weighted by atomic mass is 10.0. The Kier molecular flexibility index (Phi) is 10.5. The number of carboxylic acid groups (broad SMARTS) is 1. The predicted molar refractivity (Wildman–Crippen MR) is 184 cm³/mol. The van der Waals surface area contributed by atoms with E-state index in [0.717, 1.165) is 46.6 Å². The van der Waals surface area contributed by atoms with Crippen LogP contribution in [0.3, 0.4) is 0 Å². The molecule has 1 amide bonds. The van der Waals surface area contributed by atoms with Crippen molar-refractivity contribution in [2.45, 2.75) is 53.2 Å². The van der Waals surface area contributed by atoms with E-state index in [2.05, 4.69) is 19.2 Å². The van der Waals surface area contributed by atoms with Crippen molar-refractivity contribution < 1.29 is 24.2 Å². The molecule has 0 aliphatic carbocycles. The molecular formula is C36H39ClN3O5S+. The van der Waals surface area contributed by atoms with Gasteiger partial charge in [-0.15, -0.1) is 0 Å². The molecule has 0 aliphatic rings. The number of ether oxygens (including phenoxy) is 2. The molecule has 0 aliphatic heterocycles. The van der Waals surface area contributed by atoms with Crippen LogP contribution in [0.5, 0.6) is 11.5 Å². The van der Waals surface area contributed by atoms with Crippen molar-refractivity contribution in [3.8, 4) is 22.6 Å². The average molecular weight is 661 g/mol. The second kappa shape index (κ2) is 14.5. The number of rotatable bonds is 15. The number of amides is 1. The van der Waals surface area contributed by atoms with Gasteiger partial charge in [0.2, 0.25) is 0 Å². The molecule has 0 bridgehead atoms. The number of carboxylic acids is 1. The van der Waals surface area contributed by atoms with Crippen molar-refractivity contribution in [1.82, 2.24) is 13.9 Å². The molecule has 46 heavy (non-hydrogen) atoms. The molecule has 3 heterocycles. The van der Waals surface area contributed by atoms with Crippen LogP contribution in [-0.4, -0.2) is 46.1 Å². The number of pyridine rings is 1. The summed E-state index contributed by atoms with van der Waals surface area (Å²) in [5, 5.41) is 13.9. The monoisotopic (exact) mass is 660 g/mol. The van der Waals surface area contributed by atoms with Crippen LogP contribution < -0.4 is 14.0 Å². The van der Waals surface area contributed by atoms with Gasteiger partial charge in [0.05, 0.1) is 18.3 Å². The zero-order valence-corrected chi connectivity index (χ0v) is 28.1. The smallest absolute Gasteiger partial charge is 0.341 e. The number of carbonyl (C=O) groups is 2. The SMILES string of the molecule is CC(C)CC[N+](C=O)(Cc1nc2ccccn2c1Cc1cc(-c2ccsc2)ccc1OCC(=O)O)c1ccc(OC(C)C)cc1Cl. The minimum absolute atomic E-state index is 0.0173. The number of carbonyl (C=O) groups excluding carboxylic acids is 1. The summed E-state index contributed by atoms with van der Waals surface area (Å²) < 4.78 is 13.6. The zero-order valence-electron chi connectivity index (χ0n) is 26.5. The van der Waals surface area contributed by atoms with Gasteiger partial charge in [0.25, 0.3) is 0 Å². The third-order valence-electron chi connectivity index (χ3n) is 7.85. The summed E-state index contributed by atoms with van der Waals surface area (Å²) in [4.78, 5) is 29.8.